The van der Waals surface area contributed by atoms with Gasteiger partial charge in [-0.1, -0.05) is 0 Å². The molecule has 74 valence electrons. The van der Waals surface area contributed by atoms with Crippen LogP contribution in [-0.2, 0) is 9.53 Å². The van der Waals surface area contributed by atoms with Crippen LogP contribution in [0.25, 0.3) is 0 Å². The van der Waals surface area contributed by atoms with Crippen LogP contribution >= 0.6 is 0 Å². The van der Waals surface area contributed by atoms with Gasteiger partial charge in [0.2, 0.25) is 5.91 Å². The lowest BCUT2D eigenvalue weighted by molar-refractivity contribution is -0.156. The molecule has 2 rings (SSSR count). The van der Waals surface area contributed by atoms with E-state index in [2.05, 4.69) is 5.32 Å². The number of carbonyl (C=O) groups excluding carboxylic acids is 1. The average molecular weight is 184 g/mol. The van der Waals surface area contributed by atoms with Gasteiger partial charge in [0.1, 0.15) is 6.61 Å². The minimum absolute atomic E-state index is 0.0619. The summed E-state index contributed by atoms with van der Waals surface area (Å²) in [6.07, 6.45) is 2.18. The Bertz CT molecular complexity index is 206. The summed E-state index contributed by atoms with van der Waals surface area (Å²) in [6.45, 7) is 2.86. The molecule has 0 bridgehead atoms. The summed E-state index contributed by atoms with van der Waals surface area (Å²) < 4.78 is 5.31. The molecule has 4 heteroatoms. The molecule has 1 atom stereocenters. The third-order valence-corrected chi connectivity index (χ3v) is 3.13. The van der Waals surface area contributed by atoms with Gasteiger partial charge in [-0.05, 0) is 19.4 Å². The number of nitrogens with zero attached hydrogens (tertiary/aromatic N) is 1. The van der Waals surface area contributed by atoms with E-state index in [4.69, 9.17) is 4.74 Å². The van der Waals surface area contributed by atoms with Gasteiger partial charge < -0.3 is 15.0 Å². The zero-order chi connectivity index (χ0) is 9.31. The standard InChI is InChI=1S/C9H16N2O2/c1-11-8(12)5-13-7-9(11)3-2-4-10-6-9/h10H,2-7H2,1H3. The van der Waals surface area contributed by atoms with Crippen molar-refractivity contribution in [2.24, 2.45) is 0 Å². The van der Waals surface area contributed by atoms with E-state index >= 15 is 0 Å². The maximum Gasteiger partial charge on any atom is 0.248 e. The number of hydrogen-bond acceptors (Lipinski definition) is 3. The van der Waals surface area contributed by atoms with Gasteiger partial charge in [0, 0.05) is 13.6 Å². The maximum atomic E-state index is 11.4. The molecule has 0 aromatic heterocycles. The highest BCUT2D eigenvalue weighted by Crippen LogP contribution is 2.26. The van der Waals surface area contributed by atoms with E-state index in [0.717, 1.165) is 25.9 Å². The number of rotatable bonds is 0. The Morgan fingerprint density at radius 2 is 2.46 bits per heavy atom. The predicted molar refractivity (Wildman–Crippen MR) is 48.4 cm³/mol. The van der Waals surface area contributed by atoms with Crippen molar-refractivity contribution in [3.63, 3.8) is 0 Å². The highest BCUT2D eigenvalue weighted by atomic mass is 16.5. The van der Waals surface area contributed by atoms with Crippen molar-refractivity contribution in [1.29, 1.82) is 0 Å². The summed E-state index contributed by atoms with van der Waals surface area (Å²) in [4.78, 5) is 13.3. The SMILES string of the molecule is CN1C(=O)COCC12CCCNC2. The van der Waals surface area contributed by atoms with Crippen molar-refractivity contribution >= 4 is 5.91 Å². The van der Waals surface area contributed by atoms with Gasteiger partial charge >= 0.3 is 0 Å². The smallest absolute Gasteiger partial charge is 0.248 e. The fraction of sp³-hybridized carbons (Fsp3) is 0.889. The number of carbonyl (C=O) groups is 1. The second-order valence-corrected chi connectivity index (χ2v) is 3.95. The normalized spacial score (nSPS) is 35.5. The second kappa shape index (κ2) is 3.27. The Balaban J connectivity index is 2.13. The van der Waals surface area contributed by atoms with Crippen molar-refractivity contribution in [3.8, 4) is 0 Å². The largest absolute Gasteiger partial charge is 0.369 e. The van der Waals surface area contributed by atoms with Crippen LogP contribution in [0, 0.1) is 0 Å². The van der Waals surface area contributed by atoms with Crippen LogP contribution in [-0.4, -0.2) is 49.7 Å². The van der Waals surface area contributed by atoms with Crippen molar-refractivity contribution in [2.75, 3.05) is 33.4 Å². The van der Waals surface area contributed by atoms with Crippen molar-refractivity contribution in [2.45, 2.75) is 18.4 Å². The highest BCUT2D eigenvalue weighted by Gasteiger charge is 2.41. The average Bonchev–Trinajstić information content (AvgIpc) is 2.16. The Morgan fingerprint density at radius 1 is 1.62 bits per heavy atom. The van der Waals surface area contributed by atoms with E-state index in [1.165, 1.54) is 0 Å². The van der Waals surface area contributed by atoms with Crippen LogP contribution in [0.4, 0.5) is 0 Å². The molecule has 0 saturated carbocycles. The van der Waals surface area contributed by atoms with Crippen LogP contribution in [0.15, 0.2) is 0 Å². The molecule has 4 nitrogen and oxygen atoms in total. The molecule has 13 heavy (non-hydrogen) atoms. The van der Waals surface area contributed by atoms with Crippen LogP contribution in [0.3, 0.4) is 0 Å². The van der Waals surface area contributed by atoms with E-state index in [1.807, 2.05) is 11.9 Å². The quantitative estimate of drug-likeness (QED) is 0.557. The summed E-state index contributed by atoms with van der Waals surface area (Å²) >= 11 is 0. The second-order valence-electron chi connectivity index (χ2n) is 3.95. The molecule has 2 saturated heterocycles. The van der Waals surface area contributed by atoms with Crippen LogP contribution < -0.4 is 5.32 Å². The molecular weight excluding hydrogens is 168 g/mol. The highest BCUT2D eigenvalue weighted by molar-refractivity contribution is 5.78. The van der Waals surface area contributed by atoms with Crippen molar-refractivity contribution < 1.29 is 9.53 Å². The molecule has 2 aliphatic heterocycles. The predicted octanol–water partition coefficient (Wildman–Crippen LogP) is -0.403. The van der Waals surface area contributed by atoms with Crippen molar-refractivity contribution in [3.05, 3.63) is 0 Å². The molecule has 2 heterocycles. The maximum absolute atomic E-state index is 11.4. The monoisotopic (exact) mass is 184 g/mol. The van der Waals surface area contributed by atoms with Crippen molar-refractivity contribution in [1.82, 2.24) is 10.2 Å². The van der Waals surface area contributed by atoms with Gasteiger partial charge in [-0.15, -0.1) is 0 Å². The van der Waals surface area contributed by atoms with E-state index in [-0.39, 0.29) is 18.1 Å². The molecule has 0 aromatic carbocycles. The van der Waals surface area contributed by atoms with Gasteiger partial charge in [0.15, 0.2) is 0 Å². The Kier molecular flexibility index (Phi) is 2.26. The van der Waals surface area contributed by atoms with E-state index < -0.39 is 0 Å². The number of likely N-dealkylation sites (N-methyl/N-ethyl adjacent to an activating group) is 1. The molecule has 0 aliphatic carbocycles. The van der Waals surface area contributed by atoms with Gasteiger partial charge in [0.05, 0.1) is 12.1 Å². The molecule has 2 fully saturated rings. The van der Waals surface area contributed by atoms with Crippen LogP contribution in [0.5, 0.6) is 0 Å². The zero-order valence-corrected chi connectivity index (χ0v) is 8.01. The van der Waals surface area contributed by atoms with Crippen LogP contribution in [0.2, 0.25) is 0 Å². The van der Waals surface area contributed by atoms with Gasteiger partial charge in [-0.2, -0.15) is 0 Å². The molecular formula is C9H16N2O2. The minimum atomic E-state index is -0.0619. The van der Waals surface area contributed by atoms with E-state index in [1.54, 1.807) is 0 Å². The summed E-state index contributed by atoms with van der Waals surface area (Å²) in [7, 11) is 1.89. The number of hydrogen-bond donors (Lipinski definition) is 1. The third-order valence-electron chi connectivity index (χ3n) is 3.13. The molecule has 1 unspecified atom stereocenters. The molecule has 0 aromatic rings. The van der Waals surface area contributed by atoms with Crippen LogP contribution in [0.1, 0.15) is 12.8 Å². The Labute approximate surface area is 78.2 Å². The van der Waals surface area contributed by atoms with E-state index in [9.17, 15) is 4.79 Å². The summed E-state index contributed by atoms with van der Waals surface area (Å²) in [5.74, 6) is 0.106. The number of amides is 1. The summed E-state index contributed by atoms with van der Waals surface area (Å²) in [6, 6.07) is 0. The lowest BCUT2D eigenvalue weighted by Gasteiger charge is -2.47. The number of nitrogens with one attached hydrogen (secondary N) is 1. The Morgan fingerprint density at radius 3 is 3.15 bits per heavy atom. The number of morpholine rings is 1. The van der Waals surface area contributed by atoms with Gasteiger partial charge in [-0.25, -0.2) is 0 Å². The van der Waals surface area contributed by atoms with Gasteiger partial charge in [-0.3, -0.25) is 4.79 Å². The molecule has 0 radical (unpaired) electrons. The third kappa shape index (κ3) is 1.44. The molecule has 1 N–H and O–H groups in total. The summed E-state index contributed by atoms with van der Waals surface area (Å²) in [5, 5.41) is 3.32. The fourth-order valence-corrected chi connectivity index (χ4v) is 2.15. The lowest BCUT2D eigenvalue weighted by Crippen LogP contribution is -2.64. The van der Waals surface area contributed by atoms with E-state index in [0.29, 0.717) is 6.61 Å². The topological polar surface area (TPSA) is 41.6 Å². The fourth-order valence-electron chi connectivity index (χ4n) is 2.15. The Hall–Kier alpha value is -0.610. The van der Waals surface area contributed by atoms with Gasteiger partial charge in [0.25, 0.3) is 0 Å². The lowest BCUT2D eigenvalue weighted by atomic mass is 9.88. The molecule has 1 amide bonds. The zero-order valence-electron chi connectivity index (χ0n) is 8.01. The minimum Gasteiger partial charge on any atom is -0.369 e. The number of ether oxygens (including phenoxy) is 1. The first-order valence-electron chi connectivity index (χ1n) is 4.80. The first-order chi connectivity index (χ1) is 6.25. The molecule has 1 spiro atoms. The number of piperidine rings is 1. The summed E-state index contributed by atoms with van der Waals surface area (Å²) in [5.41, 5.74) is -0.0619. The first-order valence-corrected chi connectivity index (χ1v) is 4.80. The molecule has 2 aliphatic rings. The first kappa shape index (κ1) is 8.97.